The molecule has 0 atom stereocenters. The number of hydrogen-bond donors (Lipinski definition) is 0. The molecule has 0 radical (unpaired) electrons. The molecule has 18 heavy (non-hydrogen) atoms. The van der Waals surface area contributed by atoms with E-state index in [0.717, 1.165) is 17.4 Å². The topological polar surface area (TPSA) is 4.93 Å². The summed E-state index contributed by atoms with van der Waals surface area (Å²) in [5.41, 5.74) is 1.02. The predicted molar refractivity (Wildman–Crippen MR) is 75.3 cm³/mol. The minimum absolute atomic E-state index is 0.148. The Hall–Kier alpha value is -1.31. The number of unbranched alkanes of at least 4 members (excludes halogenated alkanes) is 5. The third kappa shape index (κ3) is 3.34. The summed E-state index contributed by atoms with van der Waals surface area (Å²) in [5, 5.41) is 1.13. The van der Waals surface area contributed by atoms with Crippen molar-refractivity contribution in [3.63, 3.8) is 0 Å². The lowest BCUT2D eigenvalue weighted by Gasteiger charge is -2.05. The van der Waals surface area contributed by atoms with E-state index in [1.807, 2.05) is 6.07 Å². The molecule has 0 fully saturated rings. The van der Waals surface area contributed by atoms with Crippen LogP contribution in [0.2, 0.25) is 0 Å². The predicted octanol–water partition coefficient (Wildman–Crippen LogP) is 5.14. The highest BCUT2D eigenvalue weighted by Crippen LogP contribution is 2.18. The van der Waals surface area contributed by atoms with Gasteiger partial charge in [0.1, 0.15) is 5.82 Å². The SMILES string of the molecule is CCCCCCCCn1ccc2ccc(F)cc21. The van der Waals surface area contributed by atoms with Gasteiger partial charge < -0.3 is 4.57 Å². The van der Waals surface area contributed by atoms with E-state index in [0.29, 0.717) is 0 Å². The first-order valence-electron chi connectivity index (χ1n) is 7.05. The van der Waals surface area contributed by atoms with Crippen LogP contribution in [-0.2, 0) is 6.54 Å². The minimum atomic E-state index is -0.148. The van der Waals surface area contributed by atoms with Crippen molar-refractivity contribution < 1.29 is 4.39 Å². The standard InChI is InChI=1S/C16H22FN/c1-2-3-4-5-6-7-11-18-12-10-14-8-9-15(17)13-16(14)18/h8-10,12-13H,2-7,11H2,1H3. The first kappa shape index (κ1) is 13.1. The quantitative estimate of drug-likeness (QED) is 0.597. The second-order valence-corrected chi connectivity index (χ2v) is 4.98. The molecule has 2 aromatic rings. The number of fused-ring (bicyclic) bond motifs is 1. The van der Waals surface area contributed by atoms with E-state index in [1.165, 1.54) is 44.6 Å². The van der Waals surface area contributed by atoms with Crippen molar-refractivity contribution in [2.24, 2.45) is 0 Å². The van der Waals surface area contributed by atoms with E-state index >= 15 is 0 Å². The molecule has 2 rings (SSSR count). The molecule has 0 unspecified atom stereocenters. The molecule has 1 nitrogen and oxygen atoms in total. The number of hydrogen-bond acceptors (Lipinski definition) is 0. The van der Waals surface area contributed by atoms with Crippen LogP contribution in [-0.4, -0.2) is 4.57 Å². The summed E-state index contributed by atoms with van der Waals surface area (Å²) in [4.78, 5) is 0. The van der Waals surface area contributed by atoms with Crippen LogP contribution in [0.15, 0.2) is 30.5 Å². The molecule has 0 saturated carbocycles. The van der Waals surface area contributed by atoms with E-state index in [1.54, 1.807) is 6.07 Å². The Kier molecular flexibility index (Phi) is 4.80. The molecule has 0 saturated heterocycles. The third-order valence-electron chi connectivity index (χ3n) is 3.49. The van der Waals surface area contributed by atoms with Gasteiger partial charge in [-0.3, -0.25) is 0 Å². The first-order valence-corrected chi connectivity index (χ1v) is 7.05. The lowest BCUT2D eigenvalue weighted by molar-refractivity contribution is 0.564. The van der Waals surface area contributed by atoms with Crippen molar-refractivity contribution in [1.82, 2.24) is 4.57 Å². The number of nitrogens with zero attached hydrogens (tertiary/aromatic N) is 1. The van der Waals surface area contributed by atoms with Crippen molar-refractivity contribution in [2.45, 2.75) is 52.0 Å². The highest BCUT2D eigenvalue weighted by Gasteiger charge is 2.02. The number of rotatable bonds is 7. The fraction of sp³-hybridized carbons (Fsp3) is 0.500. The molecule has 0 amide bonds. The van der Waals surface area contributed by atoms with Crippen molar-refractivity contribution in [2.75, 3.05) is 0 Å². The van der Waals surface area contributed by atoms with Crippen molar-refractivity contribution in [3.8, 4) is 0 Å². The number of aryl methyl sites for hydroxylation is 1. The molecule has 1 aromatic heterocycles. The van der Waals surface area contributed by atoms with Gasteiger partial charge in [0.15, 0.2) is 0 Å². The lowest BCUT2D eigenvalue weighted by Crippen LogP contribution is -1.96. The van der Waals surface area contributed by atoms with E-state index < -0.39 is 0 Å². The van der Waals surface area contributed by atoms with Crippen LogP contribution in [0, 0.1) is 5.82 Å². The molecule has 0 spiro atoms. The summed E-state index contributed by atoms with van der Waals surface area (Å²) in [6.07, 6.45) is 9.83. The van der Waals surface area contributed by atoms with Gasteiger partial charge in [-0.05, 0) is 36.1 Å². The zero-order valence-corrected chi connectivity index (χ0v) is 11.2. The Morgan fingerprint density at radius 2 is 1.78 bits per heavy atom. The van der Waals surface area contributed by atoms with Gasteiger partial charge in [-0.25, -0.2) is 4.39 Å². The normalized spacial score (nSPS) is 11.2. The van der Waals surface area contributed by atoms with Crippen molar-refractivity contribution in [3.05, 3.63) is 36.3 Å². The Labute approximate surface area is 109 Å². The van der Waals surface area contributed by atoms with Crippen LogP contribution >= 0.6 is 0 Å². The van der Waals surface area contributed by atoms with Gasteiger partial charge in [0.2, 0.25) is 0 Å². The fourth-order valence-corrected chi connectivity index (χ4v) is 2.41. The summed E-state index contributed by atoms with van der Waals surface area (Å²) in [6.45, 7) is 3.24. The number of benzene rings is 1. The van der Waals surface area contributed by atoms with E-state index in [-0.39, 0.29) is 5.82 Å². The molecular weight excluding hydrogens is 225 g/mol. The number of halogens is 1. The largest absolute Gasteiger partial charge is 0.347 e. The van der Waals surface area contributed by atoms with Crippen LogP contribution in [0.1, 0.15) is 45.4 Å². The van der Waals surface area contributed by atoms with Crippen LogP contribution in [0.5, 0.6) is 0 Å². The third-order valence-corrected chi connectivity index (χ3v) is 3.49. The monoisotopic (exact) mass is 247 g/mol. The summed E-state index contributed by atoms with van der Waals surface area (Å²) in [6, 6.07) is 7.07. The second-order valence-electron chi connectivity index (χ2n) is 4.98. The van der Waals surface area contributed by atoms with Gasteiger partial charge in [-0.2, -0.15) is 0 Å². The highest BCUT2D eigenvalue weighted by atomic mass is 19.1. The van der Waals surface area contributed by atoms with Crippen LogP contribution in [0.4, 0.5) is 4.39 Å². The van der Waals surface area contributed by atoms with Crippen molar-refractivity contribution in [1.29, 1.82) is 0 Å². The van der Waals surface area contributed by atoms with E-state index in [9.17, 15) is 4.39 Å². The van der Waals surface area contributed by atoms with Gasteiger partial charge in [-0.1, -0.05) is 39.0 Å². The Bertz CT molecular complexity index is 487. The molecule has 0 N–H and O–H groups in total. The van der Waals surface area contributed by atoms with Crippen molar-refractivity contribution >= 4 is 10.9 Å². The average molecular weight is 247 g/mol. The smallest absolute Gasteiger partial charge is 0.125 e. The Morgan fingerprint density at radius 1 is 1.00 bits per heavy atom. The molecule has 0 bridgehead atoms. The zero-order chi connectivity index (χ0) is 12.8. The summed E-state index contributed by atoms with van der Waals surface area (Å²) in [7, 11) is 0. The maximum Gasteiger partial charge on any atom is 0.125 e. The van der Waals surface area contributed by atoms with Gasteiger partial charge in [0.05, 0.1) is 5.52 Å². The molecule has 1 aromatic carbocycles. The van der Waals surface area contributed by atoms with Crippen LogP contribution in [0.25, 0.3) is 10.9 Å². The van der Waals surface area contributed by atoms with Gasteiger partial charge in [0, 0.05) is 12.7 Å². The highest BCUT2D eigenvalue weighted by molar-refractivity contribution is 5.80. The zero-order valence-electron chi connectivity index (χ0n) is 11.2. The molecule has 98 valence electrons. The molecule has 2 heteroatoms. The number of aromatic nitrogens is 1. The summed E-state index contributed by atoms with van der Waals surface area (Å²) >= 11 is 0. The van der Waals surface area contributed by atoms with Gasteiger partial charge in [-0.15, -0.1) is 0 Å². The van der Waals surface area contributed by atoms with E-state index in [2.05, 4.69) is 23.8 Å². The summed E-state index contributed by atoms with van der Waals surface area (Å²) in [5.74, 6) is -0.148. The van der Waals surface area contributed by atoms with E-state index in [4.69, 9.17) is 0 Å². The maximum atomic E-state index is 13.2. The fourth-order valence-electron chi connectivity index (χ4n) is 2.41. The first-order chi connectivity index (χ1) is 8.81. The molecule has 1 heterocycles. The molecule has 0 aliphatic carbocycles. The van der Waals surface area contributed by atoms with Gasteiger partial charge in [0.25, 0.3) is 0 Å². The summed E-state index contributed by atoms with van der Waals surface area (Å²) < 4.78 is 15.4. The Morgan fingerprint density at radius 3 is 2.61 bits per heavy atom. The Balaban J connectivity index is 1.86. The van der Waals surface area contributed by atoms with Crippen LogP contribution < -0.4 is 0 Å². The molecule has 0 aliphatic rings. The lowest BCUT2D eigenvalue weighted by atomic mass is 10.1. The second kappa shape index (κ2) is 6.58. The molecule has 0 aliphatic heterocycles. The average Bonchev–Trinajstić information content (AvgIpc) is 2.76. The maximum absolute atomic E-state index is 13.2. The van der Waals surface area contributed by atoms with Crippen LogP contribution in [0.3, 0.4) is 0 Å². The van der Waals surface area contributed by atoms with Gasteiger partial charge >= 0.3 is 0 Å². The molecular formula is C16H22FN. The minimum Gasteiger partial charge on any atom is -0.347 e.